The van der Waals surface area contributed by atoms with E-state index in [1.807, 2.05) is 36.4 Å². The minimum atomic E-state index is -0.310. The second kappa shape index (κ2) is 4.28. The molecular weight excluding hydrogens is 334 g/mol. The Morgan fingerprint density at radius 2 is 2.18 bits per heavy atom. The first kappa shape index (κ1) is 12.9. The third kappa shape index (κ3) is 2.22. The molecule has 2 rings (SSSR count). The summed E-state index contributed by atoms with van der Waals surface area (Å²) >= 11 is 1.91. The standard InChI is InChI=1S/C12H16FIN2O/c1-12(2)10(5-11(12)17)16-9-3-6(13)7(14)4-8(9)15/h3-4,10-11,16-17H,5,15H2,1-2H3. The number of aliphatic hydroxyl groups is 1. The van der Waals surface area contributed by atoms with E-state index in [9.17, 15) is 9.50 Å². The molecule has 0 aromatic heterocycles. The highest BCUT2D eigenvalue weighted by Crippen LogP contribution is 2.43. The Labute approximate surface area is 114 Å². The van der Waals surface area contributed by atoms with Crippen molar-refractivity contribution < 1.29 is 9.50 Å². The lowest BCUT2D eigenvalue weighted by Crippen LogP contribution is -2.56. The lowest BCUT2D eigenvalue weighted by molar-refractivity contribution is -0.0510. The molecule has 17 heavy (non-hydrogen) atoms. The monoisotopic (exact) mass is 350 g/mol. The minimum absolute atomic E-state index is 0.124. The van der Waals surface area contributed by atoms with E-state index in [1.54, 1.807) is 6.07 Å². The van der Waals surface area contributed by atoms with Crippen molar-refractivity contribution in [3.63, 3.8) is 0 Å². The van der Waals surface area contributed by atoms with Gasteiger partial charge in [0.05, 0.1) is 21.0 Å². The van der Waals surface area contributed by atoms with Gasteiger partial charge in [0.25, 0.3) is 0 Å². The van der Waals surface area contributed by atoms with Gasteiger partial charge in [-0.3, -0.25) is 0 Å². The van der Waals surface area contributed by atoms with Crippen LogP contribution in [0, 0.1) is 14.8 Å². The lowest BCUT2D eigenvalue weighted by Gasteiger charge is -2.50. The van der Waals surface area contributed by atoms with Crippen molar-refractivity contribution in [3.05, 3.63) is 21.5 Å². The number of hydrogen-bond donors (Lipinski definition) is 3. The quantitative estimate of drug-likeness (QED) is 0.568. The number of rotatable bonds is 2. The summed E-state index contributed by atoms with van der Waals surface area (Å²) in [5.74, 6) is -0.278. The first-order valence-electron chi connectivity index (χ1n) is 5.51. The number of nitrogen functional groups attached to an aromatic ring is 1. The van der Waals surface area contributed by atoms with Crippen LogP contribution < -0.4 is 11.1 Å². The van der Waals surface area contributed by atoms with Crippen LogP contribution in [0.2, 0.25) is 0 Å². The van der Waals surface area contributed by atoms with E-state index in [0.717, 1.165) is 0 Å². The molecule has 0 spiro atoms. The predicted molar refractivity (Wildman–Crippen MR) is 75.3 cm³/mol. The summed E-state index contributed by atoms with van der Waals surface area (Å²) in [6.45, 7) is 3.97. The van der Waals surface area contributed by atoms with Gasteiger partial charge in [-0.1, -0.05) is 13.8 Å². The van der Waals surface area contributed by atoms with E-state index in [0.29, 0.717) is 21.4 Å². The molecule has 0 amide bonds. The van der Waals surface area contributed by atoms with E-state index < -0.39 is 0 Å². The van der Waals surface area contributed by atoms with Crippen LogP contribution in [-0.2, 0) is 0 Å². The fourth-order valence-corrected chi connectivity index (χ4v) is 2.51. The summed E-state index contributed by atoms with van der Waals surface area (Å²) in [7, 11) is 0. The second-order valence-corrected chi connectivity index (χ2v) is 6.29. The maximum atomic E-state index is 13.4. The van der Waals surface area contributed by atoms with Crippen molar-refractivity contribution >= 4 is 34.0 Å². The molecule has 1 aromatic carbocycles. The fourth-order valence-electron chi connectivity index (χ4n) is 2.02. The van der Waals surface area contributed by atoms with Gasteiger partial charge in [-0.25, -0.2) is 4.39 Å². The molecule has 0 heterocycles. The average molecular weight is 350 g/mol. The van der Waals surface area contributed by atoms with Gasteiger partial charge in [-0.15, -0.1) is 0 Å². The van der Waals surface area contributed by atoms with Gasteiger partial charge in [0.2, 0.25) is 0 Å². The topological polar surface area (TPSA) is 58.3 Å². The molecule has 0 radical (unpaired) electrons. The summed E-state index contributed by atoms with van der Waals surface area (Å²) in [4.78, 5) is 0. The normalized spacial score (nSPS) is 26.4. The molecular formula is C12H16FIN2O. The van der Waals surface area contributed by atoms with E-state index in [1.165, 1.54) is 6.07 Å². The maximum absolute atomic E-state index is 13.4. The van der Waals surface area contributed by atoms with Gasteiger partial charge >= 0.3 is 0 Å². The number of benzene rings is 1. The van der Waals surface area contributed by atoms with Crippen LogP contribution in [0.1, 0.15) is 20.3 Å². The third-order valence-corrected chi connectivity index (χ3v) is 4.46. The zero-order valence-corrected chi connectivity index (χ0v) is 12.0. The summed E-state index contributed by atoms with van der Waals surface area (Å²) in [6.07, 6.45) is 0.356. The Kier molecular flexibility index (Phi) is 3.24. The van der Waals surface area contributed by atoms with Crippen molar-refractivity contribution in [3.8, 4) is 0 Å². The molecule has 4 N–H and O–H groups in total. The Bertz CT molecular complexity index is 450. The van der Waals surface area contributed by atoms with Crippen LogP contribution >= 0.6 is 22.6 Å². The molecule has 1 aliphatic carbocycles. The molecule has 0 bridgehead atoms. The predicted octanol–water partition coefficient (Wildman–Crippen LogP) is 2.58. The average Bonchev–Trinajstić information content (AvgIpc) is 2.25. The molecule has 2 unspecified atom stereocenters. The van der Waals surface area contributed by atoms with Crippen LogP contribution in [0.4, 0.5) is 15.8 Å². The van der Waals surface area contributed by atoms with Gasteiger partial charge < -0.3 is 16.2 Å². The highest BCUT2D eigenvalue weighted by molar-refractivity contribution is 14.1. The minimum Gasteiger partial charge on any atom is -0.397 e. The van der Waals surface area contributed by atoms with Crippen molar-refractivity contribution in [1.29, 1.82) is 0 Å². The van der Waals surface area contributed by atoms with Crippen LogP contribution in [0.25, 0.3) is 0 Å². The summed E-state index contributed by atoms with van der Waals surface area (Å²) in [6, 6.07) is 3.15. The molecule has 2 atom stereocenters. The van der Waals surface area contributed by atoms with E-state index in [4.69, 9.17) is 5.73 Å². The molecule has 3 nitrogen and oxygen atoms in total. The molecule has 1 fully saturated rings. The summed E-state index contributed by atoms with van der Waals surface area (Å²) in [5.41, 5.74) is 6.78. The number of anilines is 2. The molecule has 1 aliphatic rings. The van der Waals surface area contributed by atoms with Crippen molar-refractivity contribution in [2.45, 2.75) is 32.4 Å². The van der Waals surface area contributed by atoms with Gasteiger partial charge in [0, 0.05) is 17.5 Å². The Morgan fingerprint density at radius 1 is 1.53 bits per heavy atom. The van der Waals surface area contributed by atoms with Crippen LogP contribution in [0.3, 0.4) is 0 Å². The zero-order valence-electron chi connectivity index (χ0n) is 9.80. The molecule has 1 saturated carbocycles. The smallest absolute Gasteiger partial charge is 0.138 e. The Morgan fingerprint density at radius 3 is 2.71 bits per heavy atom. The lowest BCUT2D eigenvalue weighted by atomic mass is 9.64. The number of halogens is 2. The van der Waals surface area contributed by atoms with E-state index in [2.05, 4.69) is 5.32 Å². The summed E-state index contributed by atoms with van der Waals surface area (Å²) in [5, 5.41) is 12.9. The second-order valence-electron chi connectivity index (χ2n) is 5.12. The molecule has 0 aliphatic heterocycles. The number of hydrogen-bond acceptors (Lipinski definition) is 3. The SMILES string of the molecule is CC1(C)C(O)CC1Nc1cc(F)c(I)cc1N. The maximum Gasteiger partial charge on any atom is 0.138 e. The van der Waals surface area contributed by atoms with Gasteiger partial charge in [-0.05, 0) is 35.1 Å². The van der Waals surface area contributed by atoms with E-state index >= 15 is 0 Å². The highest BCUT2D eigenvalue weighted by atomic mass is 127. The molecule has 94 valence electrons. The van der Waals surface area contributed by atoms with Gasteiger partial charge in [0.1, 0.15) is 5.82 Å². The van der Waals surface area contributed by atoms with Gasteiger partial charge in [0.15, 0.2) is 0 Å². The van der Waals surface area contributed by atoms with Crippen molar-refractivity contribution in [2.75, 3.05) is 11.1 Å². The van der Waals surface area contributed by atoms with Crippen LogP contribution in [0.5, 0.6) is 0 Å². The van der Waals surface area contributed by atoms with Crippen LogP contribution in [-0.4, -0.2) is 17.3 Å². The Hall–Kier alpha value is -0.560. The third-order valence-electron chi connectivity index (χ3n) is 3.64. The number of nitrogens with two attached hydrogens (primary N) is 1. The molecule has 0 saturated heterocycles. The summed E-state index contributed by atoms with van der Waals surface area (Å²) < 4.78 is 14.0. The van der Waals surface area contributed by atoms with E-state index in [-0.39, 0.29) is 23.4 Å². The largest absolute Gasteiger partial charge is 0.397 e. The first-order valence-corrected chi connectivity index (χ1v) is 6.59. The molecule has 1 aromatic rings. The van der Waals surface area contributed by atoms with Crippen molar-refractivity contribution in [2.24, 2.45) is 5.41 Å². The van der Waals surface area contributed by atoms with Crippen molar-refractivity contribution in [1.82, 2.24) is 0 Å². The number of aliphatic hydroxyl groups excluding tert-OH is 1. The molecule has 5 heteroatoms. The van der Waals surface area contributed by atoms with Gasteiger partial charge in [-0.2, -0.15) is 0 Å². The first-order chi connectivity index (χ1) is 7.82. The fraction of sp³-hybridized carbons (Fsp3) is 0.500. The number of nitrogens with one attached hydrogen (secondary N) is 1. The Balaban J connectivity index is 2.18. The zero-order chi connectivity index (χ0) is 12.8. The highest BCUT2D eigenvalue weighted by Gasteiger charge is 2.47. The van der Waals surface area contributed by atoms with Crippen LogP contribution in [0.15, 0.2) is 12.1 Å².